The highest BCUT2D eigenvalue weighted by atomic mass is 16.5. The Balaban J connectivity index is 2.07. The predicted octanol–water partition coefficient (Wildman–Crippen LogP) is 1.75. The van der Waals surface area contributed by atoms with Crippen LogP contribution in [-0.2, 0) is 4.74 Å². The molecule has 6 heteroatoms. The number of nitrogens with one attached hydrogen (secondary N) is 1. The van der Waals surface area contributed by atoms with Crippen LogP contribution in [0.15, 0.2) is 4.42 Å². The highest BCUT2D eigenvalue weighted by Gasteiger charge is 2.34. The maximum Gasteiger partial charge on any atom is 0.318 e. The average Bonchev–Trinajstić information content (AvgIpc) is 2.84. The Morgan fingerprint density at radius 3 is 2.89 bits per heavy atom. The third kappa shape index (κ3) is 3.25. The van der Waals surface area contributed by atoms with Crippen molar-refractivity contribution >= 4 is 6.01 Å². The van der Waals surface area contributed by atoms with Gasteiger partial charge in [0.15, 0.2) is 0 Å². The lowest BCUT2D eigenvalue weighted by Crippen LogP contribution is -2.53. The number of anilines is 1. The number of morpholine rings is 1. The fourth-order valence-electron chi connectivity index (χ4n) is 2.17. The molecule has 1 fully saturated rings. The number of hydrogen-bond donors (Lipinski definition) is 1. The molecule has 0 radical (unpaired) electrons. The van der Waals surface area contributed by atoms with Crippen LogP contribution in [0.1, 0.15) is 46.0 Å². The lowest BCUT2D eigenvalue weighted by molar-refractivity contribution is 0.0610. The van der Waals surface area contributed by atoms with Crippen molar-refractivity contribution < 1.29 is 9.15 Å². The topological polar surface area (TPSA) is 63.4 Å². The molecule has 1 aromatic heterocycles. The van der Waals surface area contributed by atoms with E-state index in [0.29, 0.717) is 25.1 Å². The first-order valence-corrected chi connectivity index (χ1v) is 6.97. The van der Waals surface area contributed by atoms with Crippen LogP contribution < -0.4 is 10.2 Å². The molecule has 1 aliphatic heterocycles. The van der Waals surface area contributed by atoms with Gasteiger partial charge in [0.25, 0.3) is 0 Å². The van der Waals surface area contributed by atoms with Crippen LogP contribution in [-0.4, -0.2) is 42.0 Å². The Morgan fingerprint density at radius 1 is 1.42 bits per heavy atom. The van der Waals surface area contributed by atoms with Crippen molar-refractivity contribution in [3.8, 4) is 0 Å². The molecule has 1 aromatic rings. The second-order valence-corrected chi connectivity index (χ2v) is 5.62. The van der Waals surface area contributed by atoms with Gasteiger partial charge in [-0.25, -0.2) is 0 Å². The van der Waals surface area contributed by atoms with Crippen LogP contribution in [0.4, 0.5) is 6.01 Å². The van der Waals surface area contributed by atoms with E-state index in [1.165, 1.54) is 0 Å². The molecule has 1 atom stereocenters. The molecule has 2 rings (SSSR count). The van der Waals surface area contributed by atoms with Crippen molar-refractivity contribution in [2.45, 2.75) is 45.7 Å². The fraction of sp³-hybridized carbons (Fsp3) is 0.846. The Labute approximate surface area is 114 Å². The van der Waals surface area contributed by atoms with Crippen molar-refractivity contribution in [1.82, 2.24) is 15.5 Å². The normalized spacial score (nSPS) is 20.5. The first-order valence-electron chi connectivity index (χ1n) is 6.97. The largest absolute Gasteiger partial charge is 0.406 e. The average molecular weight is 268 g/mol. The van der Waals surface area contributed by atoms with E-state index in [0.717, 1.165) is 19.5 Å². The van der Waals surface area contributed by atoms with E-state index in [1.807, 2.05) is 6.92 Å². The Hall–Kier alpha value is -1.14. The number of rotatable bonds is 5. The van der Waals surface area contributed by atoms with Gasteiger partial charge in [-0.3, -0.25) is 0 Å². The van der Waals surface area contributed by atoms with Gasteiger partial charge in [-0.15, -0.1) is 5.10 Å². The van der Waals surface area contributed by atoms with E-state index in [9.17, 15) is 0 Å². The van der Waals surface area contributed by atoms with E-state index in [1.54, 1.807) is 0 Å². The van der Waals surface area contributed by atoms with Gasteiger partial charge < -0.3 is 19.4 Å². The molecule has 1 saturated heterocycles. The SMILES string of the molecule is CCCNC(C)c1nnc(N2CCOCC2(C)C)o1. The lowest BCUT2D eigenvalue weighted by atomic mass is 10.0. The minimum Gasteiger partial charge on any atom is -0.406 e. The number of hydrogen-bond acceptors (Lipinski definition) is 6. The van der Waals surface area contributed by atoms with Gasteiger partial charge in [0.05, 0.1) is 24.8 Å². The van der Waals surface area contributed by atoms with E-state index in [-0.39, 0.29) is 11.6 Å². The summed E-state index contributed by atoms with van der Waals surface area (Å²) in [5, 5.41) is 11.7. The molecule has 6 nitrogen and oxygen atoms in total. The monoisotopic (exact) mass is 268 g/mol. The van der Waals surface area contributed by atoms with Crippen LogP contribution in [0.3, 0.4) is 0 Å². The molecule has 0 amide bonds. The molecule has 108 valence electrons. The molecule has 0 saturated carbocycles. The van der Waals surface area contributed by atoms with Crippen molar-refractivity contribution in [3.05, 3.63) is 5.89 Å². The van der Waals surface area contributed by atoms with Crippen LogP contribution in [0, 0.1) is 0 Å². The maximum absolute atomic E-state index is 5.80. The Morgan fingerprint density at radius 2 is 2.21 bits per heavy atom. The fourth-order valence-corrected chi connectivity index (χ4v) is 2.17. The van der Waals surface area contributed by atoms with Gasteiger partial charge in [0.1, 0.15) is 0 Å². The first kappa shape index (κ1) is 14.3. The Bertz CT molecular complexity index is 405. The quantitative estimate of drug-likeness (QED) is 0.877. The summed E-state index contributed by atoms with van der Waals surface area (Å²) in [4.78, 5) is 2.12. The molecular weight excluding hydrogens is 244 g/mol. The molecule has 1 N–H and O–H groups in total. The predicted molar refractivity (Wildman–Crippen MR) is 73.3 cm³/mol. The summed E-state index contributed by atoms with van der Waals surface area (Å²) in [6.45, 7) is 11.5. The summed E-state index contributed by atoms with van der Waals surface area (Å²) in [6.07, 6.45) is 1.09. The molecule has 0 aliphatic carbocycles. The molecule has 0 spiro atoms. The number of aromatic nitrogens is 2. The third-order valence-electron chi connectivity index (χ3n) is 3.38. The van der Waals surface area contributed by atoms with Crippen LogP contribution in [0.2, 0.25) is 0 Å². The molecular formula is C13H24N4O2. The highest BCUT2D eigenvalue weighted by molar-refractivity contribution is 5.31. The molecule has 1 unspecified atom stereocenters. The van der Waals surface area contributed by atoms with E-state index in [4.69, 9.17) is 9.15 Å². The second-order valence-electron chi connectivity index (χ2n) is 5.62. The summed E-state index contributed by atoms with van der Waals surface area (Å²) in [5.74, 6) is 0.644. The summed E-state index contributed by atoms with van der Waals surface area (Å²) in [7, 11) is 0. The summed E-state index contributed by atoms with van der Waals surface area (Å²) >= 11 is 0. The van der Waals surface area contributed by atoms with Crippen LogP contribution in [0.25, 0.3) is 0 Å². The Kier molecular flexibility index (Phi) is 4.42. The van der Waals surface area contributed by atoms with Gasteiger partial charge in [-0.1, -0.05) is 12.0 Å². The van der Waals surface area contributed by atoms with Crippen molar-refractivity contribution in [2.75, 3.05) is 31.2 Å². The van der Waals surface area contributed by atoms with E-state index in [2.05, 4.69) is 41.2 Å². The van der Waals surface area contributed by atoms with E-state index < -0.39 is 0 Å². The third-order valence-corrected chi connectivity index (χ3v) is 3.38. The van der Waals surface area contributed by atoms with Gasteiger partial charge in [0, 0.05) is 6.54 Å². The summed E-state index contributed by atoms with van der Waals surface area (Å²) in [6, 6.07) is 0.679. The smallest absolute Gasteiger partial charge is 0.318 e. The summed E-state index contributed by atoms with van der Waals surface area (Å²) < 4.78 is 11.3. The molecule has 1 aliphatic rings. The standard InChI is InChI=1S/C13H24N4O2/c1-5-6-14-10(2)11-15-16-12(19-11)17-7-8-18-9-13(17,3)4/h10,14H,5-9H2,1-4H3. The highest BCUT2D eigenvalue weighted by Crippen LogP contribution is 2.26. The van der Waals surface area contributed by atoms with Gasteiger partial charge in [-0.2, -0.15) is 0 Å². The zero-order chi connectivity index (χ0) is 13.9. The molecule has 2 heterocycles. The van der Waals surface area contributed by atoms with E-state index >= 15 is 0 Å². The zero-order valence-corrected chi connectivity index (χ0v) is 12.3. The van der Waals surface area contributed by atoms with Crippen molar-refractivity contribution in [2.24, 2.45) is 0 Å². The minimum atomic E-state index is -0.109. The molecule has 0 bridgehead atoms. The number of nitrogens with zero attached hydrogens (tertiary/aromatic N) is 3. The summed E-state index contributed by atoms with van der Waals surface area (Å²) in [5.41, 5.74) is -0.109. The second kappa shape index (κ2) is 5.88. The van der Waals surface area contributed by atoms with Crippen LogP contribution >= 0.6 is 0 Å². The van der Waals surface area contributed by atoms with Crippen molar-refractivity contribution in [3.63, 3.8) is 0 Å². The molecule has 0 aromatic carbocycles. The van der Waals surface area contributed by atoms with Gasteiger partial charge in [-0.05, 0) is 33.7 Å². The van der Waals surface area contributed by atoms with Crippen LogP contribution in [0.5, 0.6) is 0 Å². The maximum atomic E-state index is 5.80. The van der Waals surface area contributed by atoms with Crippen molar-refractivity contribution in [1.29, 1.82) is 0 Å². The minimum absolute atomic E-state index is 0.0883. The van der Waals surface area contributed by atoms with Gasteiger partial charge >= 0.3 is 6.01 Å². The van der Waals surface area contributed by atoms with Gasteiger partial charge in [0.2, 0.25) is 5.89 Å². The molecule has 19 heavy (non-hydrogen) atoms. The zero-order valence-electron chi connectivity index (χ0n) is 12.3. The number of ether oxygens (including phenoxy) is 1. The first-order chi connectivity index (χ1) is 9.04. The lowest BCUT2D eigenvalue weighted by Gasteiger charge is -2.40.